The van der Waals surface area contributed by atoms with Gasteiger partial charge in [0.15, 0.2) is 11.5 Å². The number of ether oxygens (including phenoxy) is 2. The zero-order chi connectivity index (χ0) is 13.3. The maximum absolute atomic E-state index is 13.4. The van der Waals surface area contributed by atoms with E-state index in [2.05, 4.69) is 0 Å². The highest BCUT2D eigenvalue weighted by Crippen LogP contribution is 2.44. The first-order chi connectivity index (χ1) is 8.43. The third kappa shape index (κ3) is 2.30. The Kier molecular flexibility index (Phi) is 3.24. The van der Waals surface area contributed by atoms with E-state index in [0.717, 1.165) is 13.2 Å². The van der Waals surface area contributed by atoms with E-state index in [0.29, 0.717) is 17.1 Å². The molecule has 5 heteroatoms. The summed E-state index contributed by atoms with van der Waals surface area (Å²) in [4.78, 5) is 10.6. The molecular formula is C13H14F2O3. The van der Waals surface area contributed by atoms with E-state index in [9.17, 15) is 13.6 Å². The normalized spacial score (nSPS) is 15.6. The zero-order valence-electron chi connectivity index (χ0n) is 10.2. The van der Waals surface area contributed by atoms with Gasteiger partial charge < -0.3 is 14.3 Å². The van der Waals surface area contributed by atoms with Gasteiger partial charge in [-0.3, -0.25) is 0 Å². The maximum Gasteiger partial charge on any atom is 0.270 e. The molecule has 1 aromatic carbocycles. The van der Waals surface area contributed by atoms with Crippen LogP contribution in [0.1, 0.15) is 37.3 Å². The first kappa shape index (κ1) is 12.8. The van der Waals surface area contributed by atoms with Crippen molar-refractivity contribution >= 4 is 6.29 Å². The second-order valence-electron chi connectivity index (χ2n) is 4.49. The highest BCUT2D eigenvalue weighted by atomic mass is 19.3. The summed E-state index contributed by atoms with van der Waals surface area (Å²) in [6.07, 6.45) is 1.03. The molecule has 0 fully saturated rings. The second-order valence-corrected chi connectivity index (χ2v) is 4.49. The molecule has 1 atom stereocenters. The Morgan fingerprint density at radius 1 is 1.44 bits per heavy atom. The fraction of sp³-hybridized carbons (Fsp3) is 0.462. The molecule has 0 aliphatic carbocycles. The van der Waals surface area contributed by atoms with Crippen molar-refractivity contribution in [3.63, 3.8) is 0 Å². The predicted molar refractivity (Wildman–Crippen MR) is 61.2 cm³/mol. The molecule has 1 aromatic rings. The molecule has 3 nitrogen and oxygen atoms in total. The topological polar surface area (TPSA) is 35.5 Å². The number of carbonyl (C=O) groups excluding carboxylic acids is 1. The van der Waals surface area contributed by atoms with Crippen LogP contribution in [0.3, 0.4) is 0 Å². The summed E-state index contributed by atoms with van der Waals surface area (Å²) in [5.74, 6) is -2.34. The minimum Gasteiger partial charge on any atom is -0.454 e. The van der Waals surface area contributed by atoms with Gasteiger partial charge in [0, 0.05) is 24.5 Å². The molecule has 0 N–H and O–H groups in total. The van der Waals surface area contributed by atoms with Gasteiger partial charge in [-0.05, 0) is 18.1 Å². The van der Waals surface area contributed by atoms with E-state index in [4.69, 9.17) is 9.47 Å². The van der Waals surface area contributed by atoms with Crippen LogP contribution in [0.5, 0.6) is 11.5 Å². The van der Waals surface area contributed by atoms with Crippen LogP contribution in [0.15, 0.2) is 12.1 Å². The predicted octanol–water partition coefficient (Wildman–Crippen LogP) is 3.22. The van der Waals surface area contributed by atoms with Crippen molar-refractivity contribution in [3.8, 4) is 11.5 Å². The molecule has 1 heterocycles. The number of halogens is 2. The van der Waals surface area contributed by atoms with Crippen LogP contribution in [0.2, 0.25) is 0 Å². The minimum absolute atomic E-state index is 0.0227. The lowest BCUT2D eigenvalue weighted by Gasteiger charge is -2.17. The Morgan fingerprint density at radius 3 is 2.78 bits per heavy atom. The number of hydrogen-bond donors (Lipinski definition) is 0. The van der Waals surface area contributed by atoms with E-state index in [1.54, 1.807) is 6.92 Å². The van der Waals surface area contributed by atoms with Crippen LogP contribution in [0, 0.1) is 0 Å². The Labute approximate surface area is 104 Å². The van der Waals surface area contributed by atoms with Gasteiger partial charge in [0.05, 0.1) is 0 Å². The van der Waals surface area contributed by atoms with E-state index in [1.165, 1.54) is 12.1 Å². The lowest BCUT2D eigenvalue weighted by molar-refractivity contribution is -0.108. The van der Waals surface area contributed by atoms with Gasteiger partial charge in [0.2, 0.25) is 6.79 Å². The molecule has 0 saturated carbocycles. The molecule has 0 spiro atoms. The summed E-state index contributed by atoms with van der Waals surface area (Å²) in [6.45, 7) is 2.65. The van der Waals surface area contributed by atoms with Crippen molar-refractivity contribution in [3.05, 3.63) is 23.3 Å². The SMILES string of the molecule is CC(CC=O)c1cc(C(C)(F)F)cc2c1OCO2. The molecule has 98 valence electrons. The van der Waals surface area contributed by atoms with E-state index < -0.39 is 5.92 Å². The molecule has 0 amide bonds. The van der Waals surface area contributed by atoms with Crippen molar-refractivity contribution in [2.75, 3.05) is 6.79 Å². The molecule has 0 aromatic heterocycles. The summed E-state index contributed by atoms with van der Waals surface area (Å²) in [6, 6.07) is 2.68. The van der Waals surface area contributed by atoms with Crippen molar-refractivity contribution < 1.29 is 23.0 Å². The van der Waals surface area contributed by atoms with Gasteiger partial charge in [0.25, 0.3) is 5.92 Å². The van der Waals surface area contributed by atoms with Crippen molar-refractivity contribution in [2.24, 2.45) is 0 Å². The molecule has 1 aliphatic rings. The highest BCUT2D eigenvalue weighted by molar-refractivity contribution is 5.57. The molecule has 0 saturated heterocycles. The molecule has 0 radical (unpaired) electrons. The van der Waals surface area contributed by atoms with Crippen LogP contribution in [0.4, 0.5) is 8.78 Å². The van der Waals surface area contributed by atoms with E-state index in [-0.39, 0.29) is 24.7 Å². The first-order valence-corrected chi connectivity index (χ1v) is 5.69. The third-order valence-corrected chi connectivity index (χ3v) is 2.99. The molecule has 18 heavy (non-hydrogen) atoms. The Morgan fingerprint density at radius 2 is 2.17 bits per heavy atom. The van der Waals surface area contributed by atoms with Gasteiger partial charge >= 0.3 is 0 Å². The Bertz CT molecular complexity index is 466. The fourth-order valence-electron chi connectivity index (χ4n) is 1.93. The molecule has 1 aliphatic heterocycles. The monoisotopic (exact) mass is 256 g/mol. The number of hydrogen-bond acceptors (Lipinski definition) is 3. The van der Waals surface area contributed by atoms with Crippen LogP contribution in [-0.4, -0.2) is 13.1 Å². The van der Waals surface area contributed by atoms with E-state index in [1.807, 2.05) is 0 Å². The number of carbonyl (C=O) groups is 1. The molecular weight excluding hydrogens is 242 g/mol. The van der Waals surface area contributed by atoms with Crippen molar-refractivity contribution in [1.29, 1.82) is 0 Å². The number of rotatable bonds is 4. The summed E-state index contributed by atoms with van der Waals surface area (Å²) < 4.78 is 37.2. The standard InChI is InChI=1S/C13H14F2O3/c1-8(3-4-16)10-5-9(13(2,14)15)6-11-12(10)18-7-17-11/h4-6,8H,3,7H2,1-2H3. The van der Waals surface area contributed by atoms with Gasteiger partial charge in [-0.2, -0.15) is 0 Å². The van der Waals surface area contributed by atoms with Gasteiger partial charge in [0.1, 0.15) is 6.29 Å². The van der Waals surface area contributed by atoms with Crippen molar-refractivity contribution in [1.82, 2.24) is 0 Å². The van der Waals surface area contributed by atoms with Gasteiger partial charge in [-0.1, -0.05) is 6.92 Å². The van der Waals surface area contributed by atoms with Gasteiger partial charge in [-0.25, -0.2) is 8.78 Å². The third-order valence-electron chi connectivity index (χ3n) is 2.99. The van der Waals surface area contributed by atoms with Crippen LogP contribution in [-0.2, 0) is 10.7 Å². The highest BCUT2D eigenvalue weighted by Gasteiger charge is 2.30. The average molecular weight is 256 g/mol. The fourth-order valence-corrected chi connectivity index (χ4v) is 1.93. The van der Waals surface area contributed by atoms with Crippen LogP contribution >= 0.6 is 0 Å². The van der Waals surface area contributed by atoms with Gasteiger partial charge in [-0.15, -0.1) is 0 Å². The largest absolute Gasteiger partial charge is 0.454 e. The summed E-state index contributed by atoms with van der Waals surface area (Å²) in [7, 11) is 0. The zero-order valence-corrected chi connectivity index (χ0v) is 10.2. The number of alkyl halides is 2. The maximum atomic E-state index is 13.4. The molecule has 2 rings (SSSR count). The van der Waals surface area contributed by atoms with Crippen LogP contribution in [0.25, 0.3) is 0 Å². The number of aldehydes is 1. The average Bonchev–Trinajstić information content (AvgIpc) is 2.74. The first-order valence-electron chi connectivity index (χ1n) is 5.69. The number of fused-ring (bicyclic) bond motifs is 1. The minimum atomic E-state index is -2.95. The summed E-state index contributed by atoms with van der Waals surface area (Å²) in [5.41, 5.74) is 0.466. The van der Waals surface area contributed by atoms with Crippen LogP contribution < -0.4 is 9.47 Å². The summed E-state index contributed by atoms with van der Waals surface area (Å²) >= 11 is 0. The smallest absolute Gasteiger partial charge is 0.270 e. The molecule has 0 bridgehead atoms. The Hall–Kier alpha value is -1.65. The van der Waals surface area contributed by atoms with Crippen molar-refractivity contribution in [2.45, 2.75) is 32.1 Å². The lowest BCUT2D eigenvalue weighted by Crippen LogP contribution is -2.08. The second kappa shape index (κ2) is 4.55. The summed E-state index contributed by atoms with van der Waals surface area (Å²) in [5, 5.41) is 0. The quantitative estimate of drug-likeness (QED) is 0.776. The number of benzene rings is 1. The lowest BCUT2D eigenvalue weighted by atomic mass is 9.93. The molecule has 1 unspecified atom stereocenters. The Balaban J connectivity index is 2.50. The van der Waals surface area contributed by atoms with E-state index >= 15 is 0 Å².